The fourth-order valence-electron chi connectivity index (χ4n) is 3.03. The Bertz CT molecular complexity index is 847. The molecule has 0 unspecified atom stereocenters. The van der Waals surface area contributed by atoms with Crippen LogP contribution in [0.2, 0.25) is 0 Å². The van der Waals surface area contributed by atoms with Crippen LogP contribution >= 0.6 is 23.5 Å². The minimum absolute atomic E-state index is 0.0335. The molecule has 0 saturated heterocycles. The Kier molecular flexibility index (Phi) is 4.68. The Hall–Kier alpha value is -1.98. The molecular weight excluding hydrogens is 353 g/mol. The van der Waals surface area contributed by atoms with Gasteiger partial charge in [0, 0.05) is 9.79 Å². The summed E-state index contributed by atoms with van der Waals surface area (Å²) in [6.45, 7) is 0. The molecule has 1 amide bonds. The van der Waals surface area contributed by atoms with Crippen LogP contribution in [0.3, 0.4) is 0 Å². The van der Waals surface area contributed by atoms with Crippen molar-refractivity contribution in [1.29, 1.82) is 0 Å². The highest BCUT2D eigenvalue weighted by Crippen LogP contribution is 2.43. The number of halogens is 1. The quantitative estimate of drug-likeness (QED) is 0.716. The predicted octanol–water partition coefficient (Wildman–Crippen LogP) is 4.92. The van der Waals surface area contributed by atoms with Crippen LogP contribution in [0.5, 0.6) is 0 Å². The lowest BCUT2D eigenvalue weighted by Gasteiger charge is -2.40. The van der Waals surface area contributed by atoms with Crippen LogP contribution in [-0.4, -0.2) is 23.0 Å². The molecule has 5 heteroatoms. The highest BCUT2D eigenvalue weighted by molar-refractivity contribution is 8.00. The van der Waals surface area contributed by atoms with E-state index in [9.17, 15) is 9.18 Å². The van der Waals surface area contributed by atoms with Gasteiger partial charge in [0.2, 0.25) is 5.91 Å². The average Bonchev–Trinajstić information content (AvgIpc) is 2.65. The lowest BCUT2D eigenvalue weighted by molar-refractivity contribution is -0.116. The van der Waals surface area contributed by atoms with E-state index in [0.29, 0.717) is 5.75 Å². The van der Waals surface area contributed by atoms with E-state index in [1.807, 2.05) is 35.3 Å². The van der Waals surface area contributed by atoms with E-state index >= 15 is 0 Å². The van der Waals surface area contributed by atoms with E-state index in [1.54, 1.807) is 23.9 Å². The van der Waals surface area contributed by atoms with Gasteiger partial charge in [0.1, 0.15) is 5.82 Å². The van der Waals surface area contributed by atoms with Crippen LogP contribution in [-0.2, 0) is 4.79 Å². The third kappa shape index (κ3) is 3.39. The number of carbonyl (C=O) groups is 1. The fraction of sp³-hybridized carbons (Fsp3) is 0.150. The molecule has 0 radical (unpaired) electrons. The molecule has 25 heavy (non-hydrogen) atoms. The fourth-order valence-corrected chi connectivity index (χ4v) is 5.04. The molecule has 0 bridgehead atoms. The highest BCUT2D eigenvalue weighted by atomic mass is 32.2. The number of benzene rings is 2. The molecule has 1 aliphatic carbocycles. The predicted molar refractivity (Wildman–Crippen MR) is 103 cm³/mol. The van der Waals surface area contributed by atoms with Gasteiger partial charge in [-0.05, 0) is 36.4 Å². The van der Waals surface area contributed by atoms with Crippen molar-refractivity contribution in [3.8, 4) is 0 Å². The SMILES string of the molecule is O=C(CSc1ccc(F)cc1)N1c2ccccc2S[C@@H]2C=CC=C[C@@H]21. The Morgan fingerprint density at radius 3 is 2.68 bits per heavy atom. The number of amides is 1. The summed E-state index contributed by atoms with van der Waals surface area (Å²) in [6, 6.07) is 14.3. The zero-order chi connectivity index (χ0) is 17.2. The van der Waals surface area contributed by atoms with E-state index in [1.165, 1.54) is 23.9 Å². The first-order valence-electron chi connectivity index (χ1n) is 8.03. The Morgan fingerprint density at radius 2 is 1.84 bits per heavy atom. The topological polar surface area (TPSA) is 20.3 Å². The normalized spacial score (nSPS) is 20.9. The maximum Gasteiger partial charge on any atom is 0.237 e. The number of fused-ring (bicyclic) bond motifs is 2. The third-order valence-corrected chi connectivity index (χ3v) is 6.49. The number of thioether (sulfide) groups is 2. The number of hydrogen-bond donors (Lipinski definition) is 0. The summed E-state index contributed by atoms with van der Waals surface area (Å²) < 4.78 is 13.0. The second-order valence-electron chi connectivity index (χ2n) is 5.82. The molecule has 1 heterocycles. The van der Waals surface area contributed by atoms with Crippen LogP contribution in [0.15, 0.2) is 82.6 Å². The Labute approximate surface area is 154 Å². The van der Waals surface area contributed by atoms with Gasteiger partial charge in [0.15, 0.2) is 0 Å². The summed E-state index contributed by atoms with van der Waals surface area (Å²) in [5.41, 5.74) is 0.971. The summed E-state index contributed by atoms with van der Waals surface area (Å²) in [5, 5.41) is 0.236. The molecule has 2 aliphatic rings. The summed E-state index contributed by atoms with van der Waals surface area (Å²) in [5.74, 6) is 0.127. The number of allylic oxidation sites excluding steroid dienone is 2. The van der Waals surface area contributed by atoms with Crippen molar-refractivity contribution in [2.75, 3.05) is 10.7 Å². The largest absolute Gasteiger partial charge is 0.302 e. The van der Waals surface area contributed by atoms with Gasteiger partial charge in [-0.1, -0.05) is 36.4 Å². The third-order valence-electron chi connectivity index (χ3n) is 4.19. The smallest absolute Gasteiger partial charge is 0.237 e. The van der Waals surface area contributed by atoms with Crippen molar-refractivity contribution in [3.63, 3.8) is 0 Å². The Balaban J connectivity index is 1.58. The van der Waals surface area contributed by atoms with Gasteiger partial charge in [0.25, 0.3) is 0 Å². The van der Waals surface area contributed by atoms with E-state index in [4.69, 9.17) is 0 Å². The second-order valence-corrected chi connectivity index (χ2v) is 8.09. The molecular formula is C20H16FNOS2. The van der Waals surface area contributed by atoms with Crippen molar-refractivity contribution >= 4 is 35.1 Å². The summed E-state index contributed by atoms with van der Waals surface area (Å²) in [6.07, 6.45) is 8.29. The van der Waals surface area contributed by atoms with Gasteiger partial charge >= 0.3 is 0 Å². The molecule has 2 aromatic rings. The Morgan fingerprint density at radius 1 is 1.08 bits per heavy atom. The van der Waals surface area contributed by atoms with Crippen LogP contribution in [0.4, 0.5) is 10.1 Å². The molecule has 0 N–H and O–H groups in total. The van der Waals surface area contributed by atoms with Crippen molar-refractivity contribution in [3.05, 3.63) is 78.7 Å². The lowest BCUT2D eigenvalue weighted by atomic mass is 10.0. The monoisotopic (exact) mass is 369 g/mol. The molecule has 0 spiro atoms. The minimum Gasteiger partial charge on any atom is -0.302 e. The maximum atomic E-state index is 13.0. The molecule has 4 rings (SSSR count). The molecule has 2 nitrogen and oxygen atoms in total. The molecule has 0 aromatic heterocycles. The highest BCUT2D eigenvalue weighted by Gasteiger charge is 2.36. The summed E-state index contributed by atoms with van der Waals surface area (Å²) in [4.78, 5) is 17.0. The number of para-hydroxylation sites is 1. The van der Waals surface area contributed by atoms with Crippen molar-refractivity contribution in [2.45, 2.75) is 21.1 Å². The van der Waals surface area contributed by atoms with Gasteiger partial charge in [-0.2, -0.15) is 0 Å². The van der Waals surface area contributed by atoms with Gasteiger partial charge in [0.05, 0.1) is 22.7 Å². The van der Waals surface area contributed by atoms with Crippen LogP contribution in [0, 0.1) is 5.82 Å². The summed E-state index contributed by atoms with van der Waals surface area (Å²) >= 11 is 3.24. The van der Waals surface area contributed by atoms with Crippen molar-refractivity contribution < 1.29 is 9.18 Å². The number of rotatable bonds is 3. The first-order valence-corrected chi connectivity index (χ1v) is 9.90. The first-order chi connectivity index (χ1) is 12.2. The molecule has 126 valence electrons. The number of carbonyl (C=O) groups excluding carboxylic acids is 1. The molecule has 0 saturated carbocycles. The zero-order valence-corrected chi connectivity index (χ0v) is 15.0. The lowest BCUT2D eigenvalue weighted by Crippen LogP contribution is -2.48. The van der Waals surface area contributed by atoms with Gasteiger partial charge < -0.3 is 4.90 Å². The molecule has 0 fully saturated rings. The van der Waals surface area contributed by atoms with Crippen molar-refractivity contribution in [1.82, 2.24) is 0 Å². The average molecular weight is 369 g/mol. The van der Waals surface area contributed by atoms with Crippen LogP contribution in [0.25, 0.3) is 0 Å². The van der Waals surface area contributed by atoms with Crippen LogP contribution in [0.1, 0.15) is 0 Å². The van der Waals surface area contributed by atoms with Gasteiger partial charge in [-0.15, -0.1) is 23.5 Å². The zero-order valence-electron chi connectivity index (χ0n) is 13.3. The standard InChI is InChI=1S/C20H16FNOS2/c21-14-9-11-15(12-10-14)24-13-20(23)22-16-5-1-3-7-18(16)25-19-8-4-2-6-17(19)22/h1-12,16,18H,13H2/t16-,18+/m0/s1. The van der Waals surface area contributed by atoms with E-state index in [2.05, 4.69) is 18.2 Å². The molecule has 2 atom stereocenters. The number of nitrogens with zero attached hydrogens (tertiary/aromatic N) is 1. The number of anilines is 1. The van der Waals surface area contributed by atoms with Gasteiger partial charge in [-0.3, -0.25) is 4.79 Å². The van der Waals surface area contributed by atoms with E-state index in [0.717, 1.165) is 15.5 Å². The van der Waals surface area contributed by atoms with Crippen LogP contribution < -0.4 is 4.90 Å². The first kappa shape index (κ1) is 16.5. The van der Waals surface area contributed by atoms with E-state index < -0.39 is 0 Å². The molecule has 1 aliphatic heterocycles. The minimum atomic E-state index is -0.264. The van der Waals surface area contributed by atoms with E-state index in [-0.39, 0.29) is 23.0 Å². The van der Waals surface area contributed by atoms with Crippen molar-refractivity contribution in [2.24, 2.45) is 0 Å². The summed E-state index contributed by atoms with van der Waals surface area (Å²) in [7, 11) is 0. The second kappa shape index (κ2) is 7.10. The molecule has 2 aromatic carbocycles. The number of hydrogen-bond acceptors (Lipinski definition) is 3. The maximum absolute atomic E-state index is 13.0. The van der Waals surface area contributed by atoms with Gasteiger partial charge in [-0.25, -0.2) is 4.39 Å².